The molecule has 0 aromatic heterocycles. The van der Waals surface area contributed by atoms with Crippen molar-refractivity contribution in [2.75, 3.05) is 6.61 Å². The van der Waals surface area contributed by atoms with Crippen LogP contribution >= 0.6 is 0 Å². The molecule has 0 saturated heterocycles. The molecule has 4 nitrogen and oxygen atoms in total. The second-order valence-electron chi connectivity index (χ2n) is 6.05. The molecule has 1 atom stereocenters. The summed E-state index contributed by atoms with van der Waals surface area (Å²) in [6.45, 7) is 3.91. The van der Waals surface area contributed by atoms with Crippen LogP contribution in [0.5, 0.6) is 5.75 Å². The summed E-state index contributed by atoms with van der Waals surface area (Å²) in [5.74, 6) is -1.90. The number of hydrogen-bond donors (Lipinski definition) is 1. The number of nitriles is 1. The van der Waals surface area contributed by atoms with Crippen molar-refractivity contribution in [1.82, 2.24) is 5.32 Å². The number of alkyl halides is 6. The van der Waals surface area contributed by atoms with E-state index in [1.165, 1.54) is 6.92 Å². The number of rotatable bonds is 5. The molecule has 1 rings (SSSR count). The number of carbonyl (C=O) groups excluding carboxylic acids is 1. The topological polar surface area (TPSA) is 62.1 Å². The van der Waals surface area contributed by atoms with E-state index in [4.69, 9.17) is 10.00 Å². The highest BCUT2D eigenvalue weighted by molar-refractivity contribution is 5.78. The lowest BCUT2D eigenvalue weighted by molar-refractivity contribution is -0.143. The number of benzene rings is 1. The minimum absolute atomic E-state index is 0.0432. The van der Waals surface area contributed by atoms with Crippen LogP contribution in [0.3, 0.4) is 0 Å². The van der Waals surface area contributed by atoms with Gasteiger partial charge in [0.2, 0.25) is 0 Å². The average molecular weight is 382 g/mol. The van der Waals surface area contributed by atoms with Crippen LogP contribution in [-0.4, -0.2) is 18.1 Å². The van der Waals surface area contributed by atoms with E-state index < -0.39 is 47.3 Å². The molecule has 0 aliphatic rings. The van der Waals surface area contributed by atoms with E-state index >= 15 is 0 Å². The quantitative estimate of drug-likeness (QED) is 0.778. The van der Waals surface area contributed by atoms with Crippen LogP contribution in [0.4, 0.5) is 26.3 Å². The van der Waals surface area contributed by atoms with Gasteiger partial charge in [-0.3, -0.25) is 4.79 Å². The second kappa shape index (κ2) is 7.43. The zero-order chi connectivity index (χ0) is 20.3. The first kappa shape index (κ1) is 21.6. The maximum absolute atomic E-state index is 12.8. The molecule has 1 aromatic carbocycles. The van der Waals surface area contributed by atoms with Crippen molar-refractivity contribution in [2.24, 2.45) is 5.92 Å². The van der Waals surface area contributed by atoms with Gasteiger partial charge in [0.1, 0.15) is 11.3 Å². The van der Waals surface area contributed by atoms with Crippen LogP contribution in [0.15, 0.2) is 18.2 Å². The molecule has 0 fully saturated rings. The van der Waals surface area contributed by atoms with E-state index in [9.17, 15) is 31.1 Å². The van der Waals surface area contributed by atoms with Gasteiger partial charge in [0.25, 0.3) is 5.91 Å². The van der Waals surface area contributed by atoms with Crippen molar-refractivity contribution in [2.45, 2.75) is 38.7 Å². The number of nitrogens with one attached hydrogen (secondary N) is 1. The zero-order valence-electron chi connectivity index (χ0n) is 14.0. The summed E-state index contributed by atoms with van der Waals surface area (Å²) in [6, 6.07) is 2.58. The molecule has 10 heteroatoms. The molecule has 0 radical (unpaired) electrons. The number of hydrogen-bond acceptors (Lipinski definition) is 3. The normalized spacial score (nSPS) is 14.5. The summed E-state index contributed by atoms with van der Waals surface area (Å²) in [5, 5.41) is 11.4. The van der Waals surface area contributed by atoms with Crippen molar-refractivity contribution in [1.29, 1.82) is 5.26 Å². The first-order valence-corrected chi connectivity index (χ1v) is 7.33. The first-order chi connectivity index (χ1) is 11.7. The fourth-order valence-corrected chi connectivity index (χ4v) is 1.79. The Kier molecular flexibility index (Phi) is 6.18. The predicted octanol–water partition coefficient (Wildman–Crippen LogP) is 4.16. The van der Waals surface area contributed by atoms with Crippen molar-refractivity contribution >= 4 is 5.91 Å². The van der Waals surface area contributed by atoms with Gasteiger partial charge in [0, 0.05) is 0 Å². The number of halogens is 6. The Hall–Kier alpha value is -2.44. The highest BCUT2D eigenvalue weighted by Crippen LogP contribution is 2.38. The Bertz CT molecular complexity index is 674. The third-order valence-corrected chi connectivity index (χ3v) is 3.72. The van der Waals surface area contributed by atoms with Gasteiger partial charge in [0.15, 0.2) is 6.61 Å². The van der Waals surface area contributed by atoms with E-state index in [2.05, 4.69) is 5.32 Å². The zero-order valence-corrected chi connectivity index (χ0v) is 14.0. The van der Waals surface area contributed by atoms with E-state index in [1.807, 2.05) is 6.07 Å². The van der Waals surface area contributed by atoms with Gasteiger partial charge in [-0.2, -0.15) is 31.6 Å². The van der Waals surface area contributed by atoms with Crippen LogP contribution in [0.25, 0.3) is 0 Å². The minimum atomic E-state index is -5.02. The fraction of sp³-hybridized carbons (Fsp3) is 0.500. The SMILES string of the molecule is CC(C)C(C)(C#N)NC(=O)COc1cc(C(F)(F)F)cc(C(F)(F)F)c1. The average Bonchev–Trinajstić information content (AvgIpc) is 2.50. The monoisotopic (exact) mass is 382 g/mol. The number of carbonyl (C=O) groups is 1. The van der Waals surface area contributed by atoms with E-state index in [1.54, 1.807) is 13.8 Å². The minimum Gasteiger partial charge on any atom is -0.484 e. The molecule has 144 valence electrons. The third-order valence-electron chi connectivity index (χ3n) is 3.72. The lowest BCUT2D eigenvalue weighted by Gasteiger charge is -2.27. The summed E-state index contributed by atoms with van der Waals surface area (Å²) in [4.78, 5) is 11.8. The molecule has 0 saturated carbocycles. The standard InChI is InChI=1S/C16H16F6N2O2/c1-9(2)14(3,8-23)24-13(25)7-26-12-5-10(15(17,18)19)4-11(6-12)16(20,21)22/h4-6,9H,7H2,1-3H3,(H,24,25). The molecule has 1 aromatic rings. The Balaban J connectivity index is 3.00. The van der Waals surface area contributed by atoms with Gasteiger partial charge in [-0.1, -0.05) is 13.8 Å². The lowest BCUT2D eigenvalue weighted by atomic mass is 9.90. The maximum Gasteiger partial charge on any atom is 0.416 e. The number of ether oxygens (including phenoxy) is 1. The summed E-state index contributed by atoms with van der Waals surface area (Å²) in [7, 11) is 0. The molecule has 1 N–H and O–H groups in total. The summed E-state index contributed by atoms with van der Waals surface area (Å²) < 4.78 is 81.3. The third kappa shape index (κ3) is 5.54. The number of nitrogens with zero attached hydrogens (tertiary/aromatic N) is 1. The molecule has 26 heavy (non-hydrogen) atoms. The summed E-state index contributed by atoms with van der Waals surface area (Å²) >= 11 is 0. The van der Waals surface area contributed by atoms with Gasteiger partial charge in [0.05, 0.1) is 17.2 Å². The largest absolute Gasteiger partial charge is 0.484 e. The molecule has 0 heterocycles. The molecule has 0 bridgehead atoms. The maximum atomic E-state index is 12.8. The molecule has 0 aliphatic heterocycles. The van der Waals surface area contributed by atoms with Crippen LogP contribution < -0.4 is 10.1 Å². The highest BCUT2D eigenvalue weighted by atomic mass is 19.4. The molecular formula is C16H16F6N2O2. The van der Waals surface area contributed by atoms with Crippen LogP contribution in [-0.2, 0) is 17.1 Å². The Morgan fingerprint density at radius 2 is 1.58 bits per heavy atom. The van der Waals surface area contributed by atoms with Gasteiger partial charge in [-0.05, 0) is 31.0 Å². The van der Waals surface area contributed by atoms with Crippen LogP contribution in [0.1, 0.15) is 31.9 Å². The van der Waals surface area contributed by atoms with Crippen LogP contribution in [0, 0.1) is 17.2 Å². The molecule has 1 unspecified atom stereocenters. The molecule has 1 amide bonds. The Labute approximate surface area is 145 Å². The van der Waals surface area contributed by atoms with E-state index in [-0.39, 0.29) is 12.0 Å². The second-order valence-corrected chi connectivity index (χ2v) is 6.05. The van der Waals surface area contributed by atoms with E-state index in [0.717, 1.165) is 0 Å². The van der Waals surface area contributed by atoms with Crippen molar-refractivity contribution in [3.63, 3.8) is 0 Å². The van der Waals surface area contributed by atoms with E-state index in [0.29, 0.717) is 12.1 Å². The predicted molar refractivity (Wildman–Crippen MR) is 78.9 cm³/mol. The summed E-state index contributed by atoms with van der Waals surface area (Å²) in [6.07, 6.45) is -10.0. The van der Waals surface area contributed by atoms with Gasteiger partial charge in [-0.15, -0.1) is 0 Å². The van der Waals surface area contributed by atoms with Crippen LogP contribution in [0.2, 0.25) is 0 Å². The smallest absolute Gasteiger partial charge is 0.416 e. The van der Waals surface area contributed by atoms with Crippen molar-refractivity contribution < 1.29 is 35.9 Å². The molecule has 0 aliphatic carbocycles. The van der Waals surface area contributed by atoms with Crippen molar-refractivity contribution in [3.8, 4) is 11.8 Å². The van der Waals surface area contributed by atoms with Gasteiger partial charge in [-0.25, -0.2) is 0 Å². The van der Waals surface area contributed by atoms with Gasteiger partial charge < -0.3 is 10.1 Å². The Morgan fingerprint density at radius 1 is 1.12 bits per heavy atom. The lowest BCUT2D eigenvalue weighted by Crippen LogP contribution is -2.50. The Morgan fingerprint density at radius 3 is 1.92 bits per heavy atom. The number of amides is 1. The molecule has 0 spiro atoms. The highest BCUT2D eigenvalue weighted by Gasteiger charge is 2.37. The summed E-state index contributed by atoms with van der Waals surface area (Å²) in [5.41, 5.74) is -4.36. The fourth-order valence-electron chi connectivity index (χ4n) is 1.79. The molecular weight excluding hydrogens is 366 g/mol. The van der Waals surface area contributed by atoms with Gasteiger partial charge >= 0.3 is 12.4 Å². The first-order valence-electron chi connectivity index (χ1n) is 7.33. The van der Waals surface area contributed by atoms with Crippen molar-refractivity contribution in [3.05, 3.63) is 29.3 Å².